The zero-order valence-electron chi connectivity index (χ0n) is 8.06. The second kappa shape index (κ2) is 5.02. The third kappa shape index (κ3) is 3.05. The largest absolute Gasteiger partial charge is 0.329 e. The molecule has 14 heavy (non-hydrogen) atoms. The van der Waals surface area contributed by atoms with Crippen molar-refractivity contribution in [2.45, 2.75) is 19.5 Å². The summed E-state index contributed by atoms with van der Waals surface area (Å²) in [6.07, 6.45) is 0. The molecule has 0 unspecified atom stereocenters. The van der Waals surface area contributed by atoms with Gasteiger partial charge in [-0.15, -0.1) is 0 Å². The van der Waals surface area contributed by atoms with Gasteiger partial charge in [-0.3, -0.25) is 0 Å². The fraction of sp³-hybridized carbons (Fsp3) is 0.400. The monoisotopic (exact) mass is 200 g/mol. The van der Waals surface area contributed by atoms with Crippen LogP contribution in [0.5, 0.6) is 0 Å². The van der Waals surface area contributed by atoms with Gasteiger partial charge in [0.1, 0.15) is 11.6 Å². The molecule has 1 aromatic rings. The van der Waals surface area contributed by atoms with Crippen LogP contribution in [0.3, 0.4) is 0 Å². The van der Waals surface area contributed by atoms with Crippen LogP contribution < -0.4 is 11.1 Å². The van der Waals surface area contributed by atoms with E-state index in [0.29, 0.717) is 18.7 Å². The number of benzene rings is 1. The van der Waals surface area contributed by atoms with Gasteiger partial charge in [0.2, 0.25) is 0 Å². The summed E-state index contributed by atoms with van der Waals surface area (Å²) in [4.78, 5) is 0. The molecule has 0 aromatic heterocycles. The number of nitrogens with one attached hydrogen (secondary N) is 1. The normalized spacial score (nSPS) is 12.9. The van der Waals surface area contributed by atoms with E-state index in [-0.39, 0.29) is 6.04 Å². The van der Waals surface area contributed by atoms with Crippen molar-refractivity contribution in [1.82, 2.24) is 5.32 Å². The number of nitrogens with two attached hydrogens (primary N) is 1. The molecular formula is C10H14F2N2. The molecule has 0 aliphatic heterocycles. The van der Waals surface area contributed by atoms with Crippen molar-refractivity contribution in [2.24, 2.45) is 5.73 Å². The maximum Gasteiger partial charge on any atom is 0.127 e. The molecule has 0 radical (unpaired) electrons. The van der Waals surface area contributed by atoms with Crippen molar-refractivity contribution in [3.63, 3.8) is 0 Å². The fourth-order valence-corrected chi connectivity index (χ4v) is 1.05. The summed E-state index contributed by atoms with van der Waals surface area (Å²) in [5, 5.41) is 2.98. The van der Waals surface area contributed by atoms with E-state index in [4.69, 9.17) is 5.73 Å². The van der Waals surface area contributed by atoms with Crippen LogP contribution in [-0.2, 0) is 6.54 Å². The predicted octanol–water partition coefficient (Wildman–Crippen LogP) is 1.40. The van der Waals surface area contributed by atoms with Crippen molar-refractivity contribution < 1.29 is 8.78 Å². The van der Waals surface area contributed by atoms with E-state index in [1.807, 2.05) is 6.92 Å². The highest BCUT2D eigenvalue weighted by molar-refractivity contribution is 5.18. The summed E-state index contributed by atoms with van der Waals surface area (Å²) < 4.78 is 25.8. The topological polar surface area (TPSA) is 38.0 Å². The van der Waals surface area contributed by atoms with Gasteiger partial charge < -0.3 is 11.1 Å². The minimum absolute atomic E-state index is 0.0951. The van der Waals surface area contributed by atoms with Gasteiger partial charge in [-0.2, -0.15) is 0 Å². The average Bonchev–Trinajstić information content (AvgIpc) is 2.19. The van der Waals surface area contributed by atoms with E-state index in [1.165, 1.54) is 6.07 Å². The first-order chi connectivity index (χ1) is 6.63. The molecule has 0 amide bonds. The molecule has 4 heteroatoms. The summed E-state index contributed by atoms with van der Waals surface area (Å²) in [7, 11) is 0. The van der Waals surface area contributed by atoms with Gasteiger partial charge in [-0.1, -0.05) is 0 Å². The van der Waals surface area contributed by atoms with E-state index >= 15 is 0 Å². The van der Waals surface area contributed by atoms with E-state index < -0.39 is 11.6 Å². The standard InChI is InChI=1S/C10H14F2N2/c1-7(5-13)14-6-8-4-9(11)2-3-10(8)12/h2-4,7,14H,5-6,13H2,1H3/t7-/m1/s1. The van der Waals surface area contributed by atoms with Crippen molar-refractivity contribution in [2.75, 3.05) is 6.54 Å². The zero-order valence-corrected chi connectivity index (χ0v) is 8.06. The lowest BCUT2D eigenvalue weighted by molar-refractivity contribution is 0.527. The quantitative estimate of drug-likeness (QED) is 0.771. The molecular weight excluding hydrogens is 186 g/mol. The van der Waals surface area contributed by atoms with Gasteiger partial charge in [-0.05, 0) is 25.1 Å². The van der Waals surface area contributed by atoms with Crippen LogP contribution in [0.4, 0.5) is 8.78 Å². The summed E-state index contributed by atoms with van der Waals surface area (Å²) in [6.45, 7) is 2.65. The van der Waals surface area contributed by atoms with Crippen LogP contribution in [0, 0.1) is 11.6 Å². The smallest absolute Gasteiger partial charge is 0.127 e. The minimum Gasteiger partial charge on any atom is -0.329 e. The van der Waals surface area contributed by atoms with Crippen molar-refractivity contribution in [3.05, 3.63) is 35.4 Å². The lowest BCUT2D eigenvalue weighted by atomic mass is 10.2. The van der Waals surface area contributed by atoms with Crippen LogP contribution in [0.25, 0.3) is 0 Å². The summed E-state index contributed by atoms with van der Waals surface area (Å²) >= 11 is 0. The first-order valence-corrected chi connectivity index (χ1v) is 4.51. The second-order valence-electron chi connectivity index (χ2n) is 3.25. The van der Waals surface area contributed by atoms with Crippen LogP contribution in [0.15, 0.2) is 18.2 Å². The summed E-state index contributed by atoms with van der Waals surface area (Å²) in [5.41, 5.74) is 5.70. The molecule has 3 N–H and O–H groups in total. The van der Waals surface area contributed by atoms with Crippen LogP contribution in [0.1, 0.15) is 12.5 Å². The van der Waals surface area contributed by atoms with Gasteiger partial charge >= 0.3 is 0 Å². The molecule has 1 atom stereocenters. The second-order valence-corrected chi connectivity index (χ2v) is 3.25. The maximum atomic E-state index is 13.1. The Bertz CT molecular complexity index is 302. The van der Waals surface area contributed by atoms with Gasteiger partial charge in [0.25, 0.3) is 0 Å². The zero-order chi connectivity index (χ0) is 10.6. The number of hydrogen-bond acceptors (Lipinski definition) is 2. The van der Waals surface area contributed by atoms with Crippen molar-refractivity contribution in [1.29, 1.82) is 0 Å². The van der Waals surface area contributed by atoms with Crippen molar-refractivity contribution in [3.8, 4) is 0 Å². The Morgan fingerprint density at radius 3 is 2.79 bits per heavy atom. The van der Waals surface area contributed by atoms with Crippen LogP contribution >= 0.6 is 0 Å². The Kier molecular flexibility index (Phi) is 3.98. The average molecular weight is 200 g/mol. The van der Waals surface area contributed by atoms with Gasteiger partial charge in [-0.25, -0.2) is 8.78 Å². The maximum absolute atomic E-state index is 13.1. The van der Waals surface area contributed by atoms with E-state index in [0.717, 1.165) is 12.1 Å². The predicted molar refractivity (Wildman–Crippen MR) is 51.7 cm³/mol. The molecule has 0 aliphatic carbocycles. The van der Waals surface area contributed by atoms with E-state index in [2.05, 4.69) is 5.32 Å². The highest BCUT2D eigenvalue weighted by Gasteiger charge is 2.04. The first-order valence-electron chi connectivity index (χ1n) is 4.51. The molecule has 1 rings (SSSR count). The lowest BCUT2D eigenvalue weighted by Crippen LogP contribution is -2.32. The number of rotatable bonds is 4. The van der Waals surface area contributed by atoms with Gasteiger partial charge in [0.15, 0.2) is 0 Å². The van der Waals surface area contributed by atoms with Crippen LogP contribution in [-0.4, -0.2) is 12.6 Å². The molecule has 0 bridgehead atoms. The Balaban J connectivity index is 2.62. The molecule has 0 heterocycles. The summed E-state index contributed by atoms with van der Waals surface area (Å²) in [6, 6.07) is 3.51. The Morgan fingerprint density at radius 1 is 1.43 bits per heavy atom. The Labute approximate surface area is 82.1 Å². The fourth-order valence-electron chi connectivity index (χ4n) is 1.05. The molecule has 0 spiro atoms. The highest BCUT2D eigenvalue weighted by Crippen LogP contribution is 2.09. The molecule has 0 fully saturated rings. The van der Waals surface area contributed by atoms with Gasteiger partial charge in [0, 0.05) is 24.7 Å². The SMILES string of the molecule is C[C@H](CN)NCc1cc(F)ccc1F. The number of halogens is 2. The summed E-state index contributed by atoms with van der Waals surface area (Å²) in [5.74, 6) is -0.827. The third-order valence-corrected chi connectivity index (χ3v) is 2.00. The molecule has 2 nitrogen and oxygen atoms in total. The van der Waals surface area contributed by atoms with E-state index in [9.17, 15) is 8.78 Å². The molecule has 0 saturated heterocycles. The minimum atomic E-state index is -0.427. The highest BCUT2D eigenvalue weighted by atomic mass is 19.1. The molecule has 0 aliphatic rings. The van der Waals surface area contributed by atoms with Crippen molar-refractivity contribution >= 4 is 0 Å². The first kappa shape index (κ1) is 11.1. The molecule has 1 aromatic carbocycles. The molecule has 0 saturated carbocycles. The number of hydrogen-bond donors (Lipinski definition) is 2. The third-order valence-electron chi connectivity index (χ3n) is 2.00. The molecule has 78 valence electrons. The lowest BCUT2D eigenvalue weighted by Gasteiger charge is -2.11. The van der Waals surface area contributed by atoms with E-state index in [1.54, 1.807) is 0 Å². The Hall–Kier alpha value is -1.00. The van der Waals surface area contributed by atoms with Crippen LogP contribution in [0.2, 0.25) is 0 Å². The van der Waals surface area contributed by atoms with Gasteiger partial charge in [0.05, 0.1) is 0 Å². The Morgan fingerprint density at radius 2 is 2.14 bits per heavy atom.